The number of carbonyl (C=O) groups is 2. The normalized spacial score (nSPS) is 10.9. The molecule has 140 valence electrons. The Morgan fingerprint density at radius 1 is 1.11 bits per heavy atom. The molecule has 0 unspecified atom stereocenters. The first-order chi connectivity index (χ1) is 13.5. The van der Waals surface area contributed by atoms with Gasteiger partial charge in [-0.3, -0.25) is 9.59 Å². The molecule has 2 N–H and O–H groups in total. The zero-order chi connectivity index (χ0) is 19.7. The third kappa shape index (κ3) is 3.27. The van der Waals surface area contributed by atoms with E-state index < -0.39 is 23.3 Å². The number of fused-ring (bicyclic) bond motifs is 1. The summed E-state index contributed by atoms with van der Waals surface area (Å²) in [6.07, 6.45) is 1.48. The van der Waals surface area contributed by atoms with Crippen LogP contribution in [0.2, 0.25) is 0 Å². The van der Waals surface area contributed by atoms with Crippen LogP contribution < -0.4 is 5.32 Å². The number of hydrogen-bond donors (Lipinski definition) is 2. The molecule has 6 nitrogen and oxygen atoms in total. The number of H-pyrrole nitrogens is 1. The third-order valence-corrected chi connectivity index (χ3v) is 4.23. The highest BCUT2D eigenvalue weighted by Crippen LogP contribution is 2.24. The van der Waals surface area contributed by atoms with Crippen molar-refractivity contribution in [3.63, 3.8) is 0 Å². The van der Waals surface area contributed by atoms with Crippen molar-refractivity contribution in [1.82, 2.24) is 15.5 Å². The number of nitrogens with zero attached hydrogens (tertiary/aromatic N) is 1. The fraction of sp³-hybridized carbons (Fsp3) is 0.0500. The van der Waals surface area contributed by atoms with E-state index in [4.69, 9.17) is 4.52 Å². The summed E-state index contributed by atoms with van der Waals surface area (Å²) < 4.78 is 31.8. The lowest BCUT2D eigenvalue weighted by atomic mass is 10.1. The highest BCUT2D eigenvalue weighted by Gasteiger charge is 2.20. The Morgan fingerprint density at radius 2 is 1.93 bits per heavy atom. The second-order valence-corrected chi connectivity index (χ2v) is 6.07. The van der Waals surface area contributed by atoms with E-state index >= 15 is 0 Å². The number of ketones is 1. The lowest BCUT2D eigenvalue weighted by Gasteiger charge is -2.01. The van der Waals surface area contributed by atoms with Crippen molar-refractivity contribution < 1.29 is 22.9 Å². The Bertz CT molecular complexity index is 1200. The lowest BCUT2D eigenvalue weighted by molar-refractivity contribution is -0.117. The van der Waals surface area contributed by atoms with E-state index in [1.54, 1.807) is 18.2 Å². The highest BCUT2D eigenvalue weighted by molar-refractivity contribution is 6.44. The van der Waals surface area contributed by atoms with Gasteiger partial charge in [-0.15, -0.1) is 0 Å². The van der Waals surface area contributed by atoms with Crippen LogP contribution in [-0.4, -0.2) is 21.8 Å². The van der Waals surface area contributed by atoms with Crippen LogP contribution in [0.15, 0.2) is 59.3 Å². The van der Waals surface area contributed by atoms with Gasteiger partial charge in [0.25, 0.3) is 11.7 Å². The van der Waals surface area contributed by atoms with Crippen molar-refractivity contribution in [2.75, 3.05) is 0 Å². The van der Waals surface area contributed by atoms with Gasteiger partial charge in [-0.05, 0) is 18.2 Å². The first-order valence-electron chi connectivity index (χ1n) is 8.32. The van der Waals surface area contributed by atoms with E-state index in [9.17, 15) is 18.4 Å². The number of benzene rings is 2. The van der Waals surface area contributed by atoms with Gasteiger partial charge in [-0.1, -0.05) is 23.4 Å². The highest BCUT2D eigenvalue weighted by atomic mass is 19.1. The van der Waals surface area contributed by atoms with Gasteiger partial charge < -0.3 is 14.8 Å². The molecule has 0 spiro atoms. The number of carbonyl (C=O) groups excluding carboxylic acids is 2. The molecule has 2 aromatic carbocycles. The molecule has 4 rings (SSSR count). The summed E-state index contributed by atoms with van der Waals surface area (Å²) in [6.45, 7) is -0.0841. The molecule has 0 atom stereocenters. The average Bonchev–Trinajstić information content (AvgIpc) is 3.32. The Morgan fingerprint density at radius 3 is 2.75 bits per heavy atom. The molecule has 2 heterocycles. The minimum absolute atomic E-state index is 0.0429. The number of nitrogens with one attached hydrogen (secondary N) is 2. The molecule has 0 bridgehead atoms. The summed E-state index contributed by atoms with van der Waals surface area (Å²) >= 11 is 0. The smallest absolute Gasteiger partial charge is 0.292 e. The largest absolute Gasteiger partial charge is 0.360 e. The predicted octanol–water partition coefficient (Wildman–Crippen LogP) is 3.60. The summed E-state index contributed by atoms with van der Waals surface area (Å²) in [7, 11) is 0. The van der Waals surface area contributed by atoms with E-state index in [1.165, 1.54) is 18.3 Å². The fourth-order valence-electron chi connectivity index (χ4n) is 2.84. The van der Waals surface area contributed by atoms with Crippen LogP contribution in [0.25, 0.3) is 22.2 Å². The molecule has 8 heteroatoms. The maximum absolute atomic E-state index is 13.8. The quantitative estimate of drug-likeness (QED) is 0.408. The van der Waals surface area contributed by atoms with E-state index in [2.05, 4.69) is 15.5 Å². The zero-order valence-corrected chi connectivity index (χ0v) is 14.3. The second-order valence-electron chi connectivity index (χ2n) is 6.07. The molecule has 2 aromatic heterocycles. The van der Waals surface area contributed by atoms with Gasteiger partial charge >= 0.3 is 0 Å². The Labute approximate surface area is 157 Å². The van der Waals surface area contributed by atoms with Crippen molar-refractivity contribution in [3.8, 4) is 11.3 Å². The summed E-state index contributed by atoms with van der Waals surface area (Å²) in [5.74, 6) is -2.90. The van der Waals surface area contributed by atoms with Crippen molar-refractivity contribution in [1.29, 1.82) is 0 Å². The number of aromatic amines is 1. The topological polar surface area (TPSA) is 88.0 Å². The minimum Gasteiger partial charge on any atom is -0.360 e. The molecule has 0 aliphatic rings. The Balaban J connectivity index is 1.45. The number of aromatic nitrogens is 2. The summed E-state index contributed by atoms with van der Waals surface area (Å²) in [4.78, 5) is 27.5. The van der Waals surface area contributed by atoms with Crippen LogP contribution in [-0.2, 0) is 11.3 Å². The summed E-state index contributed by atoms with van der Waals surface area (Å²) in [5, 5.41) is 6.85. The van der Waals surface area contributed by atoms with Gasteiger partial charge in [-0.2, -0.15) is 0 Å². The number of rotatable bonds is 5. The maximum Gasteiger partial charge on any atom is 0.292 e. The molecule has 0 aliphatic carbocycles. The number of Topliss-reactive ketones (excluding diaryl/α,β-unsaturated/α-hetero) is 1. The number of hydrogen-bond acceptors (Lipinski definition) is 4. The van der Waals surface area contributed by atoms with Gasteiger partial charge in [0.05, 0.1) is 17.7 Å². The third-order valence-electron chi connectivity index (χ3n) is 4.23. The lowest BCUT2D eigenvalue weighted by Crippen LogP contribution is -2.30. The standard InChI is InChI=1S/C20H13F2N3O3/c21-11-5-6-14(16(22)7-11)18-8-12(25-28-18)9-24-20(27)19(26)15-10-23-17-4-2-1-3-13(15)17/h1-8,10,23H,9H2,(H,24,27). The molecule has 28 heavy (non-hydrogen) atoms. The Hall–Kier alpha value is -3.81. The zero-order valence-electron chi connectivity index (χ0n) is 14.3. The van der Waals surface area contributed by atoms with Crippen LogP contribution in [0.4, 0.5) is 8.78 Å². The fourth-order valence-corrected chi connectivity index (χ4v) is 2.84. The van der Waals surface area contributed by atoms with E-state index in [0.717, 1.165) is 17.6 Å². The first kappa shape index (κ1) is 17.6. The van der Waals surface area contributed by atoms with Crippen LogP contribution in [0.1, 0.15) is 16.1 Å². The van der Waals surface area contributed by atoms with Crippen LogP contribution in [0.3, 0.4) is 0 Å². The molecular formula is C20H13F2N3O3. The molecule has 4 aromatic rings. The van der Waals surface area contributed by atoms with Gasteiger partial charge in [0.1, 0.15) is 17.3 Å². The number of para-hydroxylation sites is 1. The predicted molar refractivity (Wildman–Crippen MR) is 96.3 cm³/mol. The molecular weight excluding hydrogens is 368 g/mol. The first-order valence-corrected chi connectivity index (χ1v) is 8.32. The number of halogens is 2. The SMILES string of the molecule is O=C(NCc1cc(-c2ccc(F)cc2F)on1)C(=O)c1c[nH]c2ccccc12. The molecule has 0 saturated carbocycles. The van der Waals surface area contributed by atoms with Crippen molar-refractivity contribution in [3.05, 3.63) is 77.6 Å². The van der Waals surface area contributed by atoms with E-state index in [-0.39, 0.29) is 23.4 Å². The Kier molecular flexibility index (Phi) is 4.44. The molecule has 0 fully saturated rings. The van der Waals surface area contributed by atoms with E-state index in [0.29, 0.717) is 11.1 Å². The molecule has 0 aliphatic heterocycles. The summed E-state index contributed by atoms with van der Waals surface area (Å²) in [6, 6.07) is 11.6. The van der Waals surface area contributed by atoms with Crippen molar-refractivity contribution in [2.24, 2.45) is 0 Å². The monoisotopic (exact) mass is 381 g/mol. The van der Waals surface area contributed by atoms with Crippen molar-refractivity contribution >= 4 is 22.6 Å². The molecule has 0 saturated heterocycles. The van der Waals surface area contributed by atoms with Gasteiger partial charge in [-0.25, -0.2) is 8.78 Å². The van der Waals surface area contributed by atoms with E-state index in [1.807, 2.05) is 6.07 Å². The van der Waals surface area contributed by atoms with Gasteiger partial charge in [0.2, 0.25) is 0 Å². The van der Waals surface area contributed by atoms with Crippen molar-refractivity contribution in [2.45, 2.75) is 6.54 Å². The van der Waals surface area contributed by atoms with Gasteiger partial charge in [0, 0.05) is 29.2 Å². The minimum atomic E-state index is -0.803. The average molecular weight is 381 g/mol. The van der Waals surface area contributed by atoms with Crippen LogP contribution in [0.5, 0.6) is 0 Å². The van der Waals surface area contributed by atoms with Crippen LogP contribution in [0, 0.1) is 11.6 Å². The number of amides is 1. The van der Waals surface area contributed by atoms with Gasteiger partial charge in [0.15, 0.2) is 5.76 Å². The summed E-state index contributed by atoms with van der Waals surface area (Å²) in [5.41, 5.74) is 1.35. The second kappa shape index (κ2) is 7.07. The maximum atomic E-state index is 13.8. The van der Waals surface area contributed by atoms with Crippen LogP contribution >= 0.6 is 0 Å². The molecule has 1 amide bonds. The molecule has 0 radical (unpaired) electrons.